The second-order valence-electron chi connectivity index (χ2n) is 5.64. The molecule has 5 nitrogen and oxygen atoms in total. The number of carbonyl (C=O) groups is 2. The molecule has 5 heteroatoms. The first-order valence-electron chi connectivity index (χ1n) is 7.46. The molecule has 1 aromatic carbocycles. The Morgan fingerprint density at radius 1 is 1.43 bits per heavy atom. The van der Waals surface area contributed by atoms with Gasteiger partial charge in [0.05, 0.1) is 6.04 Å². The van der Waals surface area contributed by atoms with Crippen LogP contribution in [0.25, 0.3) is 0 Å². The summed E-state index contributed by atoms with van der Waals surface area (Å²) in [7, 11) is 0. The third kappa shape index (κ3) is 3.61. The van der Waals surface area contributed by atoms with Crippen LogP contribution in [-0.2, 0) is 4.79 Å². The number of nitrogens with two attached hydrogens (primary N) is 1. The van der Waals surface area contributed by atoms with E-state index >= 15 is 0 Å². The van der Waals surface area contributed by atoms with E-state index in [-0.39, 0.29) is 11.9 Å². The minimum absolute atomic E-state index is 0.0436. The molecule has 0 bridgehead atoms. The third-order valence-electron chi connectivity index (χ3n) is 4.26. The topological polar surface area (TPSA) is 84.2 Å². The summed E-state index contributed by atoms with van der Waals surface area (Å²) in [5.41, 5.74) is 7.13. The van der Waals surface area contributed by atoms with E-state index in [0.717, 1.165) is 25.8 Å². The minimum Gasteiger partial charge on any atom is -0.366 e. The van der Waals surface area contributed by atoms with Gasteiger partial charge in [-0.15, -0.1) is 0 Å². The quantitative estimate of drug-likeness (QED) is 0.790. The van der Waals surface area contributed by atoms with E-state index in [4.69, 9.17) is 5.73 Å². The Morgan fingerprint density at radius 2 is 2.19 bits per heavy atom. The number of hydrogen-bond acceptors (Lipinski definition) is 3. The van der Waals surface area contributed by atoms with Gasteiger partial charge in [0.15, 0.2) is 0 Å². The van der Waals surface area contributed by atoms with Crippen LogP contribution in [0.3, 0.4) is 0 Å². The number of rotatable bonds is 4. The van der Waals surface area contributed by atoms with Gasteiger partial charge in [0.1, 0.15) is 0 Å². The zero-order chi connectivity index (χ0) is 15.4. The summed E-state index contributed by atoms with van der Waals surface area (Å²) in [4.78, 5) is 23.7. The smallest absolute Gasteiger partial charge is 0.249 e. The van der Waals surface area contributed by atoms with Crippen LogP contribution in [0, 0.1) is 12.8 Å². The molecule has 2 rings (SSSR count). The average molecular weight is 289 g/mol. The van der Waals surface area contributed by atoms with Crippen molar-refractivity contribution in [1.29, 1.82) is 0 Å². The average Bonchev–Trinajstić information content (AvgIpc) is 2.49. The summed E-state index contributed by atoms with van der Waals surface area (Å²) in [6.45, 7) is 4.82. The highest BCUT2D eigenvalue weighted by molar-refractivity contribution is 5.99. The van der Waals surface area contributed by atoms with Crippen LogP contribution in [-0.4, -0.2) is 24.4 Å². The van der Waals surface area contributed by atoms with Crippen LogP contribution < -0.4 is 16.4 Å². The fourth-order valence-electron chi connectivity index (χ4n) is 2.82. The van der Waals surface area contributed by atoms with Crippen LogP contribution >= 0.6 is 0 Å². The van der Waals surface area contributed by atoms with Crippen molar-refractivity contribution >= 4 is 17.5 Å². The van der Waals surface area contributed by atoms with Crippen LogP contribution in [0.15, 0.2) is 18.2 Å². The zero-order valence-electron chi connectivity index (χ0n) is 12.6. The van der Waals surface area contributed by atoms with Gasteiger partial charge in [0.2, 0.25) is 11.8 Å². The number of nitrogens with one attached hydrogen (secondary N) is 2. The maximum absolute atomic E-state index is 12.4. The fraction of sp³-hybridized carbons (Fsp3) is 0.500. The Labute approximate surface area is 125 Å². The molecular formula is C16H23N3O2. The normalized spacial score (nSPS) is 21.8. The number of primary amides is 1. The number of anilines is 1. The maximum Gasteiger partial charge on any atom is 0.249 e. The van der Waals surface area contributed by atoms with Crippen LogP contribution in [0.4, 0.5) is 5.69 Å². The van der Waals surface area contributed by atoms with Gasteiger partial charge in [-0.05, 0) is 49.9 Å². The minimum atomic E-state index is -0.481. The van der Waals surface area contributed by atoms with E-state index in [1.807, 2.05) is 0 Å². The lowest BCUT2D eigenvalue weighted by molar-refractivity contribution is -0.119. The first-order valence-corrected chi connectivity index (χ1v) is 7.46. The molecule has 114 valence electrons. The molecular weight excluding hydrogens is 266 g/mol. The highest BCUT2D eigenvalue weighted by Crippen LogP contribution is 2.22. The zero-order valence-corrected chi connectivity index (χ0v) is 12.6. The molecule has 0 aliphatic carbocycles. The van der Waals surface area contributed by atoms with Crippen molar-refractivity contribution in [3.8, 4) is 0 Å². The summed E-state index contributed by atoms with van der Waals surface area (Å²) in [6, 6.07) is 5.02. The Morgan fingerprint density at radius 3 is 2.86 bits per heavy atom. The summed E-state index contributed by atoms with van der Waals surface area (Å²) in [5, 5.41) is 6.17. The van der Waals surface area contributed by atoms with Crippen molar-refractivity contribution < 1.29 is 9.59 Å². The van der Waals surface area contributed by atoms with E-state index in [9.17, 15) is 9.59 Å². The number of carbonyl (C=O) groups excluding carboxylic acids is 2. The number of benzene rings is 1. The Balaban J connectivity index is 2.09. The lowest BCUT2D eigenvalue weighted by atomic mass is 9.90. The van der Waals surface area contributed by atoms with Crippen molar-refractivity contribution in [3.63, 3.8) is 0 Å². The first kappa shape index (κ1) is 15.5. The molecule has 2 atom stereocenters. The highest BCUT2D eigenvalue weighted by Gasteiger charge is 2.26. The van der Waals surface area contributed by atoms with Gasteiger partial charge in [0.25, 0.3) is 0 Å². The molecule has 0 aromatic heterocycles. The predicted octanol–water partition coefficient (Wildman–Crippen LogP) is 1.81. The molecule has 1 aromatic rings. The summed E-state index contributed by atoms with van der Waals surface area (Å²) >= 11 is 0. The van der Waals surface area contributed by atoms with E-state index in [1.165, 1.54) is 0 Å². The molecule has 1 aliphatic rings. The molecule has 0 saturated carbocycles. The first-order chi connectivity index (χ1) is 10.0. The molecule has 2 unspecified atom stereocenters. The molecule has 1 saturated heterocycles. The van der Waals surface area contributed by atoms with Crippen molar-refractivity contribution in [1.82, 2.24) is 5.32 Å². The second kappa shape index (κ2) is 6.72. The standard InChI is InChI=1S/C16H23N3O2/c1-3-11-7-8-18-14(9-11)16(21)19-13-6-4-5-12(10(13)2)15(17)20/h4-6,11,14,18H,3,7-9H2,1-2H3,(H2,17,20)(H,19,21). The lowest BCUT2D eigenvalue weighted by Gasteiger charge is -2.29. The van der Waals surface area contributed by atoms with Crippen molar-refractivity contribution in [2.24, 2.45) is 11.7 Å². The summed E-state index contributed by atoms with van der Waals surface area (Å²) in [5.74, 6) is 0.0726. The molecule has 1 aliphatic heterocycles. The number of amides is 2. The highest BCUT2D eigenvalue weighted by atomic mass is 16.2. The molecule has 1 heterocycles. The molecule has 4 N–H and O–H groups in total. The van der Waals surface area contributed by atoms with Gasteiger partial charge in [-0.25, -0.2) is 0 Å². The maximum atomic E-state index is 12.4. The van der Waals surface area contributed by atoms with Gasteiger partial charge in [0, 0.05) is 11.3 Å². The van der Waals surface area contributed by atoms with Crippen molar-refractivity contribution in [2.45, 2.75) is 39.2 Å². The molecule has 21 heavy (non-hydrogen) atoms. The van der Waals surface area contributed by atoms with Crippen LogP contribution in [0.2, 0.25) is 0 Å². The number of piperidine rings is 1. The SMILES string of the molecule is CCC1CCNC(C(=O)Nc2cccc(C(N)=O)c2C)C1. The van der Waals surface area contributed by atoms with Gasteiger partial charge < -0.3 is 16.4 Å². The largest absolute Gasteiger partial charge is 0.366 e. The molecule has 2 amide bonds. The van der Waals surface area contributed by atoms with Gasteiger partial charge >= 0.3 is 0 Å². The van der Waals surface area contributed by atoms with Crippen LogP contribution in [0.5, 0.6) is 0 Å². The Hall–Kier alpha value is -1.88. The van der Waals surface area contributed by atoms with Crippen LogP contribution in [0.1, 0.15) is 42.1 Å². The summed E-state index contributed by atoms with van der Waals surface area (Å²) < 4.78 is 0. The van der Waals surface area contributed by atoms with E-state index in [1.54, 1.807) is 25.1 Å². The summed E-state index contributed by atoms with van der Waals surface area (Å²) in [6.07, 6.45) is 3.08. The Kier molecular flexibility index (Phi) is 4.96. The fourth-order valence-corrected chi connectivity index (χ4v) is 2.82. The monoisotopic (exact) mass is 289 g/mol. The molecule has 0 spiro atoms. The van der Waals surface area contributed by atoms with E-state index in [2.05, 4.69) is 17.6 Å². The van der Waals surface area contributed by atoms with E-state index in [0.29, 0.717) is 22.7 Å². The second-order valence-corrected chi connectivity index (χ2v) is 5.64. The predicted molar refractivity (Wildman–Crippen MR) is 83.1 cm³/mol. The van der Waals surface area contributed by atoms with Gasteiger partial charge in [-0.2, -0.15) is 0 Å². The van der Waals surface area contributed by atoms with Gasteiger partial charge in [-0.1, -0.05) is 19.4 Å². The van der Waals surface area contributed by atoms with E-state index < -0.39 is 5.91 Å². The lowest BCUT2D eigenvalue weighted by Crippen LogP contribution is -2.46. The molecule has 0 radical (unpaired) electrons. The third-order valence-corrected chi connectivity index (χ3v) is 4.26. The molecule has 1 fully saturated rings. The number of hydrogen-bond donors (Lipinski definition) is 3. The van der Waals surface area contributed by atoms with Crippen molar-refractivity contribution in [2.75, 3.05) is 11.9 Å². The van der Waals surface area contributed by atoms with Crippen molar-refractivity contribution in [3.05, 3.63) is 29.3 Å². The Bertz CT molecular complexity index is 542. The van der Waals surface area contributed by atoms with Gasteiger partial charge in [-0.3, -0.25) is 9.59 Å².